The lowest BCUT2D eigenvalue weighted by Crippen LogP contribution is -2.57. The molecule has 1 aromatic rings. The molecule has 1 aromatic carbocycles. The SMILES string of the molecule is C[C@@H]1CN(C(=O)NCC#Cc2ccccc2)CCN1CC(F)(F)F. The Balaban J connectivity index is 1.77. The minimum absolute atomic E-state index is 0.199. The van der Waals surface area contributed by atoms with E-state index in [1.165, 1.54) is 9.80 Å². The third-order valence-electron chi connectivity index (χ3n) is 3.77. The van der Waals surface area contributed by atoms with Crippen molar-refractivity contribution in [3.63, 3.8) is 0 Å². The summed E-state index contributed by atoms with van der Waals surface area (Å²) in [7, 11) is 0. The Morgan fingerprint density at radius 3 is 2.62 bits per heavy atom. The third-order valence-corrected chi connectivity index (χ3v) is 3.77. The number of urea groups is 1. The van der Waals surface area contributed by atoms with Crippen LogP contribution in [-0.4, -0.2) is 60.8 Å². The van der Waals surface area contributed by atoms with Crippen molar-refractivity contribution >= 4 is 6.03 Å². The average molecular weight is 339 g/mol. The quantitative estimate of drug-likeness (QED) is 0.840. The largest absolute Gasteiger partial charge is 0.401 e. The average Bonchev–Trinajstić information content (AvgIpc) is 2.53. The summed E-state index contributed by atoms with van der Waals surface area (Å²) in [4.78, 5) is 14.9. The molecule has 24 heavy (non-hydrogen) atoms. The van der Waals surface area contributed by atoms with E-state index in [4.69, 9.17) is 0 Å². The summed E-state index contributed by atoms with van der Waals surface area (Å²) in [5.74, 6) is 5.78. The Kier molecular flexibility index (Phi) is 6.10. The number of hydrogen-bond acceptors (Lipinski definition) is 2. The maximum atomic E-state index is 12.5. The van der Waals surface area contributed by atoms with Crippen LogP contribution in [0.15, 0.2) is 30.3 Å². The first-order valence-electron chi connectivity index (χ1n) is 7.72. The van der Waals surface area contributed by atoms with Crippen molar-refractivity contribution in [2.75, 3.05) is 32.7 Å². The third kappa shape index (κ3) is 5.78. The van der Waals surface area contributed by atoms with Crippen LogP contribution in [-0.2, 0) is 0 Å². The van der Waals surface area contributed by atoms with Crippen molar-refractivity contribution < 1.29 is 18.0 Å². The molecule has 0 spiro atoms. The zero-order chi connectivity index (χ0) is 17.6. The van der Waals surface area contributed by atoms with Crippen molar-refractivity contribution in [1.82, 2.24) is 15.1 Å². The number of nitrogens with one attached hydrogen (secondary N) is 1. The van der Waals surface area contributed by atoms with E-state index in [9.17, 15) is 18.0 Å². The fraction of sp³-hybridized carbons (Fsp3) is 0.471. The van der Waals surface area contributed by atoms with Crippen molar-refractivity contribution in [2.24, 2.45) is 0 Å². The van der Waals surface area contributed by atoms with Gasteiger partial charge in [-0.3, -0.25) is 4.90 Å². The molecule has 2 rings (SSSR count). The van der Waals surface area contributed by atoms with Gasteiger partial charge in [0.25, 0.3) is 0 Å². The molecule has 0 bridgehead atoms. The van der Waals surface area contributed by atoms with Gasteiger partial charge < -0.3 is 10.2 Å². The second-order valence-electron chi connectivity index (χ2n) is 5.71. The second-order valence-corrected chi connectivity index (χ2v) is 5.71. The van der Waals surface area contributed by atoms with Crippen molar-refractivity contribution in [2.45, 2.75) is 19.1 Å². The number of halogens is 3. The van der Waals surface area contributed by atoms with Gasteiger partial charge in [0.2, 0.25) is 0 Å². The van der Waals surface area contributed by atoms with Gasteiger partial charge in [0, 0.05) is 31.2 Å². The normalized spacial score (nSPS) is 18.7. The predicted octanol–water partition coefficient (Wildman–Crippen LogP) is 2.32. The predicted molar refractivity (Wildman–Crippen MR) is 85.4 cm³/mol. The van der Waals surface area contributed by atoms with Gasteiger partial charge in [0.15, 0.2) is 0 Å². The van der Waals surface area contributed by atoms with E-state index in [0.717, 1.165) is 5.56 Å². The Bertz CT molecular complexity index is 607. The lowest BCUT2D eigenvalue weighted by atomic mass is 10.2. The van der Waals surface area contributed by atoms with Crippen LogP contribution < -0.4 is 5.32 Å². The van der Waals surface area contributed by atoms with Crippen LogP contribution in [0.1, 0.15) is 12.5 Å². The summed E-state index contributed by atoms with van der Waals surface area (Å²) in [5, 5.41) is 2.68. The van der Waals surface area contributed by atoms with Crippen LogP contribution in [0.5, 0.6) is 0 Å². The van der Waals surface area contributed by atoms with Gasteiger partial charge in [0.1, 0.15) is 0 Å². The topological polar surface area (TPSA) is 35.6 Å². The van der Waals surface area contributed by atoms with Gasteiger partial charge in [-0.2, -0.15) is 13.2 Å². The number of benzene rings is 1. The molecular weight excluding hydrogens is 319 g/mol. The number of alkyl halides is 3. The molecule has 130 valence electrons. The first kappa shape index (κ1) is 18.1. The maximum Gasteiger partial charge on any atom is 0.401 e. The Morgan fingerprint density at radius 2 is 2.00 bits per heavy atom. The number of carbonyl (C=O) groups excluding carboxylic acids is 1. The minimum atomic E-state index is -4.22. The molecule has 7 heteroatoms. The Morgan fingerprint density at radius 1 is 1.29 bits per heavy atom. The number of hydrogen-bond donors (Lipinski definition) is 1. The molecule has 0 saturated carbocycles. The van der Waals surface area contributed by atoms with E-state index in [1.807, 2.05) is 30.3 Å². The molecule has 1 aliphatic rings. The standard InChI is InChI=1S/C17H20F3N3O/c1-14-12-22(10-11-23(14)13-17(18,19)20)16(24)21-9-5-8-15-6-3-2-4-7-15/h2-4,6-7,14H,9-13H2,1H3,(H,21,24)/t14-/m1/s1. The molecule has 0 unspecified atom stereocenters. The van der Waals surface area contributed by atoms with Crippen molar-refractivity contribution in [3.8, 4) is 11.8 Å². The van der Waals surface area contributed by atoms with Crippen LogP contribution in [0.25, 0.3) is 0 Å². The van der Waals surface area contributed by atoms with E-state index >= 15 is 0 Å². The zero-order valence-electron chi connectivity index (χ0n) is 13.4. The van der Waals surface area contributed by atoms with Gasteiger partial charge in [-0.05, 0) is 19.1 Å². The second kappa shape index (κ2) is 8.06. The number of amides is 2. The molecule has 1 heterocycles. The number of nitrogens with zero attached hydrogens (tertiary/aromatic N) is 2. The molecule has 1 saturated heterocycles. The van der Waals surface area contributed by atoms with Crippen LogP contribution in [0.3, 0.4) is 0 Å². The molecule has 1 fully saturated rings. The zero-order valence-corrected chi connectivity index (χ0v) is 13.4. The number of carbonyl (C=O) groups is 1. The summed E-state index contributed by atoms with van der Waals surface area (Å²) >= 11 is 0. The molecule has 2 amide bonds. The summed E-state index contributed by atoms with van der Waals surface area (Å²) in [6.45, 7) is 1.72. The van der Waals surface area contributed by atoms with Gasteiger partial charge >= 0.3 is 12.2 Å². The summed E-state index contributed by atoms with van der Waals surface area (Å²) in [6.07, 6.45) is -4.22. The lowest BCUT2D eigenvalue weighted by molar-refractivity contribution is -0.153. The molecular formula is C17H20F3N3O. The van der Waals surface area contributed by atoms with E-state index in [0.29, 0.717) is 0 Å². The van der Waals surface area contributed by atoms with Crippen LogP contribution in [0, 0.1) is 11.8 Å². The fourth-order valence-electron chi connectivity index (χ4n) is 2.54. The minimum Gasteiger partial charge on any atom is -0.327 e. The smallest absolute Gasteiger partial charge is 0.327 e. The number of rotatable bonds is 2. The molecule has 4 nitrogen and oxygen atoms in total. The van der Waals surface area contributed by atoms with E-state index < -0.39 is 12.7 Å². The molecule has 1 aliphatic heterocycles. The van der Waals surface area contributed by atoms with Gasteiger partial charge in [-0.1, -0.05) is 30.0 Å². The maximum absolute atomic E-state index is 12.5. The molecule has 0 aromatic heterocycles. The Hall–Kier alpha value is -2.20. The van der Waals surface area contributed by atoms with Crippen LogP contribution in [0.2, 0.25) is 0 Å². The summed E-state index contributed by atoms with van der Waals surface area (Å²) < 4.78 is 37.4. The first-order chi connectivity index (χ1) is 11.3. The summed E-state index contributed by atoms with van der Waals surface area (Å²) in [5.41, 5.74) is 0.862. The number of piperazine rings is 1. The van der Waals surface area contributed by atoms with Gasteiger partial charge in [-0.25, -0.2) is 4.79 Å². The molecule has 1 N–H and O–H groups in total. The fourth-order valence-corrected chi connectivity index (χ4v) is 2.54. The van der Waals surface area contributed by atoms with Gasteiger partial charge in [0.05, 0.1) is 13.1 Å². The highest BCUT2D eigenvalue weighted by molar-refractivity contribution is 5.74. The van der Waals surface area contributed by atoms with Crippen LogP contribution >= 0.6 is 0 Å². The highest BCUT2D eigenvalue weighted by Gasteiger charge is 2.35. The molecule has 1 atom stereocenters. The lowest BCUT2D eigenvalue weighted by Gasteiger charge is -2.39. The Labute approximate surface area is 139 Å². The highest BCUT2D eigenvalue weighted by atomic mass is 19.4. The van der Waals surface area contributed by atoms with Gasteiger partial charge in [-0.15, -0.1) is 0 Å². The van der Waals surface area contributed by atoms with Crippen molar-refractivity contribution in [3.05, 3.63) is 35.9 Å². The molecule has 0 aliphatic carbocycles. The van der Waals surface area contributed by atoms with E-state index in [2.05, 4.69) is 17.2 Å². The molecule has 0 radical (unpaired) electrons. The highest BCUT2D eigenvalue weighted by Crippen LogP contribution is 2.20. The monoisotopic (exact) mass is 339 g/mol. The van der Waals surface area contributed by atoms with E-state index in [1.54, 1.807) is 6.92 Å². The van der Waals surface area contributed by atoms with E-state index in [-0.39, 0.29) is 38.3 Å². The van der Waals surface area contributed by atoms with Crippen molar-refractivity contribution in [1.29, 1.82) is 0 Å². The summed E-state index contributed by atoms with van der Waals surface area (Å²) in [6, 6.07) is 8.77. The van der Waals surface area contributed by atoms with Crippen LogP contribution in [0.4, 0.5) is 18.0 Å². The first-order valence-corrected chi connectivity index (χ1v) is 7.72.